The number of hydrogen-bond acceptors (Lipinski definition) is 0. The predicted molar refractivity (Wildman–Crippen MR) is 178 cm³/mol. The van der Waals surface area contributed by atoms with E-state index < -0.39 is 0 Å². The quantitative estimate of drug-likeness (QED) is 0.176. The van der Waals surface area contributed by atoms with Crippen molar-refractivity contribution in [1.82, 2.24) is 4.57 Å². The first kappa shape index (κ1) is 26.5. The SMILES string of the molecule is C=C1c2ccc(-n3c4ccccc4c4cc(-c5ccc(CCCC)cc5)ccc43)cc2-c2cccc[n+]2C1(CC)CC. The third-order valence-corrected chi connectivity index (χ3v) is 9.69. The Bertz CT molecular complexity index is 1950. The summed E-state index contributed by atoms with van der Waals surface area (Å²) in [5.74, 6) is 0. The highest BCUT2D eigenvalue weighted by Crippen LogP contribution is 2.44. The smallest absolute Gasteiger partial charge is 0.213 e. The summed E-state index contributed by atoms with van der Waals surface area (Å²) in [4.78, 5) is 0. The first-order chi connectivity index (χ1) is 20.6. The van der Waals surface area contributed by atoms with Crippen molar-refractivity contribution in [1.29, 1.82) is 0 Å². The van der Waals surface area contributed by atoms with Gasteiger partial charge in [-0.2, -0.15) is 4.57 Å². The van der Waals surface area contributed by atoms with Crippen LogP contribution in [0.5, 0.6) is 0 Å². The highest BCUT2D eigenvalue weighted by Gasteiger charge is 2.46. The third-order valence-electron chi connectivity index (χ3n) is 9.69. The van der Waals surface area contributed by atoms with Crippen LogP contribution in [0.1, 0.15) is 57.6 Å². The second-order valence-electron chi connectivity index (χ2n) is 11.8. The monoisotopic (exact) mass is 547 g/mol. The number of nitrogens with zero attached hydrogens (tertiary/aromatic N) is 2. The number of unbranched alkanes of at least 4 members (excludes halogenated alkanes) is 1. The molecular weight excluding hydrogens is 508 g/mol. The molecule has 0 atom stereocenters. The summed E-state index contributed by atoms with van der Waals surface area (Å²) < 4.78 is 4.90. The van der Waals surface area contributed by atoms with Crippen LogP contribution in [0.2, 0.25) is 0 Å². The van der Waals surface area contributed by atoms with Crippen molar-refractivity contribution in [3.63, 3.8) is 0 Å². The molecule has 1 aliphatic rings. The van der Waals surface area contributed by atoms with Gasteiger partial charge in [0.2, 0.25) is 5.69 Å². The summed E-state index contributed by atoms with van der Waals surface area (Å²) in [6.45, 7) is 11.5. The number of hydrogen-bond donors (Lipinski definition) is 0. The van der Waals surface area contributed by atoms with Crippen molar-refractivity contribution in [3.8, 4) is 28.1 Å². The first-order valence-corrected chi connectivity index (χ1v) is 15.6. The zero-order valence-electron chi connectivity index (χ0n) is 25.0. The summed E-state index contributed by atoms with van der Waals surface area (Å²) >= 11 is 0. The topological polar surface area (TPSA) is 8.81 Å². The number of fused-ring (bicyclic) bond motifs is 6. The van der Waals surface area contributed by atoms with Crippen LogP contribution in [0.15, 0.2) is 116 Å². The Labute approximate surface area is 249 Å². The summed E-state index contributed by atoms with van der Waals surface area (Å²) in [5, 5.41) is 2.56. The van der Waals surface area contributed by atoms with E-state index in [-0.39, 0.29) is 5.54 Å². The molecule has 0 aliphatic carbocycles. The maximum atomic E-state index is 4.67. The largest absolute Gasteiger partial charge is 0.309 e. The van der Waals surface area contributed by atoms with Crippen LogP contribution in [0, 0.1) is 0 Å². The Morgan fingerprint density at radius 3 is 2.21 bits per heavy atom. The molecule has 0 amide bonds. The van der Waals surface area contributed by atoms with Gasteiger partial charge in [0, 0.05) is 47.0 Å². The van der Waals surface area contributed by atoms with Crippen LogP contribution < -0.4 is 4.57 Å². The zero-order valence-corrected chi connectivity index (χ0v) is 25.0. The van der Waals surface area contributed by atoms with Gasteiger partial charge in [-0.05, 0) is 71.5 Å². The summed E-state index contributed by atoms with van der Waals surface area (Å²) in [5.41, 5.74) is 12.5. The maximum absolute atomic E-state index is 4.67. The molecule has 3 heterocycles. The molecule has 0 bridgehead atoms. The van der Waals surface area contributed by atoms with E-state index in [9.17, 15) is 0 Å². The van der Waals surface area contributed by atoms with Crippen LogP contribution in [0.3, 0.4) is 0 Å². The molecule has 0 unspecified atom stereocenters. The maximum Gasteiger partial charge on any atom is 0.213 e. The summed E-state index contributed by atoms with van der Waals surface area (Å²) in [6, 6.07) is 38.4. The van der Waals surface area contributed by atoms with Crippen LogP contribution in [0.4, 0.5) is 0 Å². The molecule has 208 valence electrons. The van der Waals surface area contributed by atoms with Crippen molar-refractivity contribution in [2.75, 3.05) is 0 Å². The molecule has 7 rings (SSSR count). The molecule has 6 aromatic rings. The number of para-hydroxylation sites is 1. The van der Waals surface area contributed by atoms with Crippen molar-refractivity contribution in [2.45, 2.75) is 58.4 Å². The van der Waals surface area contributed by atoms with Crippen LogP contribution in [-0.2, 0) is 12.0 Å². The van der Waals surface area contributed by atoms with E-state index in [1.165, 1.54) is 79.4 Å². The van der Waals surface area contributed by atoms with Gasteiger partial charge in [0.1, 0.15) is 0 Å². The number of aromatic nitrogens is 2. The average Bonchev–Trinajstić information content (AvgIpc) is 3.38. The second-order valence-corrected chi connectivity index (χ2v) is 11.8. The Kier molecular flexibility index (Phi) is 6.58. The van der Waals surface area contributed by atoms with Gasteiger partial charge in [0.25, 0.3) is 0 Å². The molecule has 2 heteroatoms. The van der Waals surface area contributed by atoms with E-state index in [0.717, 1.165) is 19.3 Å². The fourth-order valence-electron chi connectivity index (χ4n) is 7.27. The lowest BCUT2D eigenvalue weighted by atomic mass is 9.75. The van der Waals surface area contributed by atoms with Crippen LogP contribution in [-0.4, -0.2) is 4.57 Å². The molecule has 2 nitrogen and oxygen atoms in total. The Morgan fingerprint density at radius 1 is 0.690 bits per heavy atom. The van der Waals surface area contributed by atoms with Gasteiger partial charge in [-0.1, -0.05) is 88.4 Å². The Morgan fingerprint density at radius 2 is 1.43 bits per heavy atom. The van der Waals surface area contributed by atoms with Gasteiger partial charge in [-0.15, -0.1) is 0 Å². The first-order valence-electron chi connectivity index (χ1n) is 15.6. The minimum Gasteiger partial charge on any atom is -0.309 e. The predicted octanol–water partition coefficient (Wildman–Crippen LogP) is 10.3. The van der Waals surface area contributed by atoms with E-state index in [2.05, 4.69) is 146 Å². The number of pyridine rings is 1. The standard InChI is InChI=1S/C40H39N2/c1-5-8-13-29-17-19-30(20-18-29)31-21-24-39-35(26-31)34-14-9-10-16-38(34)42(39)32-22-23-33-28(4)40(6-2,7-3)41-25-12-11-15-37(41)36(33)27-32/h9-12,14-27H,4-8,13H2,1-3H3/q+1. The lowest BCUT2D eigenvalue weighted by Crippen LogP contribution is -2.59. The summed E-state index contributed by atoms with van der Waals surface area (Å²) in [7, 11) is 0. The fourth-order valence-corrected chi connectivity index (χ4v) is 7.27. The Hall–Kier alpha value is -4.43. The number of allylic oxidation sites excluding steroid dienone is 1. The normalized spacial score (nSPS) is 13.8. The van der Waals surface area contributed by atoms with E-state index in [1.54, 1.807) is 0 Å². The van der Waals surface area contributed by atoms with Gasteiger partial charge >= 0.3 is 0 Å². The van der Waals surface area contributed by atoms with Gasteiger partial charge < -0.3 is 4.57 Å². The van der Waals surface area contributed by atoms with Crippen molar-refractivity contribution in [3.05, 3.63) is 127 Å². The molecule has 0 N–H and O–H groups in total. The summed E-state index contributed by atoms with van der Waals surface area (Å²) in [6.07, 6.45) is 7.89. The van der Waals surface area contributed by atoms with Crippen molar-refractivity contribution >= 4 is 27.4 Å². The fraction of sp³-hybridized carbons (Fsp3) is 0.225. The number of rotatable bonds is 7. The molecule has 4 aromatic carbocycles. The molecule has 0 radical (unpaired) electrons. The van der Waals surface area contributed by atoms with E-state index >= 15 is 0 Å². The lowest BCUT2D eigenvalue weighted by Gasteiger charge is -2.35. The molecule has 0 saturated heterocycles. The average molecular weight is 548 g/mol. The minimum absolute atomic E-state index is 0.0947. The highest BCUT2D eigenvalue weighted by atomic mass is 15.1. The van der Waals surface area contributed by atoms with Crippen molar-refractivity contribution < 1.29 is 4.57 Å². The third kappa shape index (κ3) is 3.96. The number of aryl methyl sites for hydroxylation is 1. The van der Waals surface area contributed by atoms with Gasteiger partial charge in [-0.3, -0.25) is 0 Å². The van der Waals surface area contributed by atoms with E-state index in [1.807, 2.05) is 0 Å². The lowest BCUT2D eigenvalue weighted by molar-refractivity contribution is -0.741. The number of benzene rings is 4. The molecule has 0 spiro atoms. The zero-order chi connectivity index (χ0) is 28.8. The highest BCUT2D eigenvalue weighted by molar-refractivity contribution is 6.10. The van der Waals surface area contributed by atoms with Gasteiger partial charge in [-0.25, -0.2) is 0 Å². The molecule has 1 aliphatic heterocycles. The molecule has 42 heavy (non-hydrogen) atoms. The molecule has 0 saturated carbocycles. The van der Waals surface area contributed by atoms with Gasteiger partial charge in [0.15, 0.2) is 11.7 Å². The van der Waals surface area contributed by atoms with Crippen molar-refractivity contribution in [2.24, 2.45) is 0 Å². The van der Waals surface area contributed by atoms with E-state index in [4.69, 9.17) is 0 Å². The Balaban J connectivity index is 1.39. The van der Waals surface area contributed by atoms with Gasteiger partial charge in [0.05, 0.1) is 16.6 Å². The molecular formula is C40H39N2+. The van der Waals surface area contributed by atoms with E-state index in [0.29, 0.717) is 0 Å². The second kappa shape index (κ2) is 10.4. The molecule has 2 aromatic heterocycles. The molecule has 0 fully saturated rings. The van der Waals surface area contributed by atoms with Crippen LogP contribution in [0.25, 0.3) is 55.5 Å². The van der Waals surface area contributed by atoms with Crippen LogP contribution >= 0.6 is 0 Å². The minimum atomic E-state index is -0.0947.